The molecule has 2 aromatic carbocycles. The number of hydrogen-bond acceptors (Lipinski definition) is 5. The molecule has 1 aliphatic rings. The molecule has 1 N–H and O–H groups in total. The zero-order chi connectivity index (χ0) is 19.2. The predicted octanol–water partition coefficient (Wildman–Crippen LogP) is 2.82. The van der Waals surface area contributed by atoms with Crippen molar-refractivity contribution < 1.29 is 23.9 Å². The van der Waals surface area contributed by atoms with E-state index >= 15 is 0 Å². The van der Waals surface area contributed by atoms with Gasteiger partial charge in [-0.25, -0.2) is 9.59 Å². The number of rotatable bonds is 6. The first-order chi connectivity index (χ1) is 13.0. The van der Waals surface area contributed by atoms with Crippen LogP contribution in [0.3, 0.4) is 0 Å². The van der Waals surface area contributed by atoms with Crippen molar-refractivity contribution in [2.45, 2.75) is 25.9 Å². The van der Waals surface area contributed by atoms with Crippen molar-refractivity contribution in [1.29, 1.82) is 0 Å². The number of nitrogens with one attached hydrogen (secondary N) is 1. The summed E-state index contributed by atoms with van der Waals surface area (Å²) in [6.45, 7) is 2.11. The molecular weight excluding hydrogens is 346 g/mol. The van der Waals surface area contributed by atoms with Gasteiger partial charge in [0.2, 0.25) is 5.91 Å². The van der Waals surface area contributed by atoms with Gasteiger partial charge in [0, 0.05) is 19.9 Å². The van der Waals surface area contributed by atoms with E-state index in [1.165, 1.54) is 6.92 Å². The minimum Gasteiger partial charge on any atom is -0.462 e. The Labute approximate surface area is 157 Å². The van der Waals surface area contributed by atoms with Crippen LogP contribution in [-0.4, -0.2) is 31.0 Å². The smallest absolute Gasteiger partial charge is 0.339 e. The van der Waals surface area contributed by atoms with E-state index in [9.17, 15) is 14.4 Å². The molecule has 1 atom stereocenters. The lowest BCUT2D eigenvalue weighted by Crippen LogP contribution is -2.23. The van der Waals surface area contributed by atoms with E-state index in [-0.39, 0.29) is 24.6 Å². The molecule has 0 bridgehead atoms. The Morgan fingerprint density at radius 1 is 1.19 bits per heavy atom. The van der Waals surface area contributed by atoms with Gasteiger partial charge in [0.25, 0.3) is 0 Å². The third kappa shape index (κ3) is 4.73. The Balaban J connectivity index is 1.66. The van der Waals surface area contributed by atoms with E-state index in [1.54, 1.807) is 18.2 Å². The first-order valence-corrected chi connectivity index (χ1v) is 8.85. The van der Waals surface area contributed by atoms with Crippen LogP contribution in [-0.2, 0) is 20.7 Å². The summed E-state index contributed by atoms with van der Waals surface area (Å²) in [6, 6.07) is 14.4. The first kappa shape index (κ1) is 18.6. The summed E-state index contributed by atoms with van der Waals surface area (Å²) in [6.07, 6.45) is 0.683. The highest BCUT2D eigenvalue weighted by Crippen LogP contribution is 2.31. The molecule has 0 aromatic heterocycles. The SMILES string of the molecule is CC(=O)NCCCOC(=O)c1ccc2c(c1)C[C@H](c1ccccc1)OC2=O. The third-order valence-corrected chi connectivity index (χ3v) is 4.32. The lowest BCUT2D eigenvalue weighted by Gasteiger charge is -2.25. The summed E-state index contributed by atoms with van der Waals surface area (Å²) in [5.41, 5.74) is 2.56. The molecule has 6 nitrogen and oxygen atoms in total. The number of benzene rings is 2. The molecule has 1 amide bonds. The maximum Gasteiger partial charge on any atom is 0.339 e. The van der Waals surface area contributed by atoms with Crippen LogP contribution in [0.15, 0.2) is 48.5 Å². The van der Waals surface area contributed by atoms with Crippen LogP contribution >= 0.6 is 0 Å². The molecule has 3 rings (SSSR count). The standard InChI is InChI=1S/C21H21NO5/c1-14(23)22-10-5-11-26-20(24)16-8-9-18-17(12-16)13-19(27-21(18)25)15-6-3-2-4-7-15/h2-4,6-9,12,19H,5,10-11,13H2,1H3,(H,22,23)/t19-/m1/s1. The molecule has 27 heavy (non-hydrogen) atoms. The monoisotopic (exact) mass is 367 g/mol. The van der Waals surface area contributed by atoms with Crippen molar-refractivity contribution in [2.75, 3.05) is 13.2 Å². The number of carbonyl (C=O) groups is 3. The van der Waals surface area contributed by atoms with Gasteiger partial charge in [-0.2, -0.15) is 0 Å². The molecule has 2 aromatic rings. The number of esters is 2. The van der Waals surface area contributed by atoms with E-state index in [4.69, 9.17) is 9.47 Å². The van der Waals surface area contributed by atoms with Gasteiger partial charge >= 0.3 is 11.9 Å². The molecule has 1 heterocycles. The Morgan fingerprint density at radius 2 is 1.96 bits per heavy atom. The van der Waals surface area contributed by atoms with Crippen LogP contribution in [0.4, 0.5) is 0 Å². The average Bonchev–Trinajstić information content (AvgIpc) is 2.67. The Morgan fingerprint density at radius 3 is 2.70 bits per heavy atom. The van der Waals surface area contributed by atoms with Crippen LogP contribution < -0.4 is 5.32 Å². The number of hydrogen-bond donors (Lipinski definition) is 1. The molecule has 0 unspecified atom stereocenters. The summed E-state index contributed by atoms with van der Waals surface area (Å²) in [5, 5.41) is 2.64. The van der Waals surface area contributed by atoms with Gasteiger partial charge in [0.15, 0.2) is 0 Å². The van der Waals surface area contributed by atoms with Gasteiger partial charge in [0.1, 0.15) is 6.10 Å². The Hall–Kier alpha value is -3.15. The van der Waals surface area contributed by atoms with E-state index in [0.29, 0.717) is 30.5 Å². The Bertz CT molecular complexity index is 847. The maximum atomic E-state index is 12.3. The molecule has 0 saturated carbocycles. The fourth-order valence-electron chi connectivity index (χ4n) is 2.96. The van der Waals surface area contributed by atoms with Gasteiger partial charge < -0.3 is 14.8 Å². The summed E-state index contributed by atoms with van der Waals surface area (Å²) >= 11 is 0. The number of fused-ring (bicyclic) bond motifs is 1. The molecule has 0 saturated heterocycles. The minimum atomic E-state index is -0.448. The Kier molecular flexibility index (Phi) is 5.86. The van der Waals surface area contributed by atoms with Crippen molar-refractivity contribution in [3.8, 4) is 0 Å². The van der Waals surface area contributed by atoms with Crippen molar-refractivity contribution in [1.82, 2.24) is 5.32 Å². The van der Waals surface area contributed by atoms with E-state index in [2.05, 4.69) is 5.32 Å². The maximum absolute atomic E-state index is 12.3. The van der Waals surface area contributed by atoms with Gasteiger partial charge in [-0.15, -0.1) is 0 Å². The minimum absolute atomic E-state index is 0.115. The summed E-state index contributed by atoms with van der Waals surface area (Å²) in [5.74, 6) is -0.952. The van der Waals surface area contributed by atoms with Crippen LogP contribution in [0.5, 0.6) is 0 Å². The lowest BCUT2D eigenvalue weighted by atomic mass is 9.93. The van der Waals surface area contributed by atoms with E-state index in [1.807, 2.05) is 30.3 Å². The second-order valence-electron chi connectivity index (χ2n) is 6.35. The van der Waals surface area contributed by atoms with E-state index < -0.39 is 5.97 Å². The summed E-state index contributed by atoms with van der Waals surface area (Å²) < 4.78 is 10.8. The van der Waals surface area contributed by atoms with E-state index in [0.717, 1.165) is 11.1 Å². The number of cyclic esters (lactones) is 1. The predicted molar refractivity (Wildman–Crippen MR) is 98.3 cm³/mol. The molecule has 140 valence electrons. The molecule has 0 spiro atoms. The number of carbonyl (C=O) groups excluding carboxylic acids is 3. The normalized spacial score (nSPS) is 15.4. The fourth-order valence-corrected chi connectivity index (χ4v) is 2.96. The van der Waals surface area contributed by atoms with Crippen LogP contribution in [0.25, 0.3) is 0 Å². The van der Waals surface area contributed by atoms with Gasteiger partial charge in [-0.05, 0) is 35.7 Å². The van der Waals surface area contributed by atoms with Crippen molar-refractivity contribution in [3.05, 3.63) is 70.8 Å². The average molecular weight is 367 g/mol. The van der Waals surface area contributed by atoms with Gasteiger partial charge in [-0.3, -0.25) is 4.79 Å². The second kappa shape index (κ2) is 8.49. The molecule has 0 fully saturated rings. The molecule has 1 aliphatic heterocycles. The molecular formula is C21H21NO5. The quantitative estimate of drug-likeness (QED) is 0.627. The number of ether oxygens (including phenoxy) is 2. The van der Waals surface area contributed by atoms with Gasteiger partial charge in [0.05, 0.1) is 17.7 Å². The first-order valence-electron chi connectivity index (χ1n) is 8.85. The van der Waals surface area contributed by atoms with Crippen LogP contribution in [0.1, 0.15) is 51.3 Å². The molecule has 0 radical (unpaired) electrons. The highest BCUT2D eigenvalue weighted by atomic mass is 16.5. The second-order valence-corrected chi connectivity index (χ2v) is 6.35. The number of amides is 1. The van der Waals surface area contributed by atoms with Crippen molar-refractivity contribution in [2.24, 2.45) is 0 Å². The largest absolute Gasteiger partial charge is 0.462 e. The fraction of sp³-hybridized carbons (Fsp3) is 0.286. The van der Waals surface area contributed by atoms with Crippen LogP contribution in [0.2, 0.25) is 0 Å². The van der Waals surface area contributed by atoms with Crippen molar-refractivity contribution in [3.63, 3.8) is 0 Å². The zero-order valence-corrected chi connectivity index (χ0v) is 15.1. The van der Waals surface area contributed by atoms with Crippen LogP contribution in [0, 0.1) is 0 Å². The van der Waals surface area contributed by atoms with Gasteiger partial charge in [-0.1, -0.05) is 30.3 Å². The topological polar surface area (TPSA) is 81.7 Å². The zero-order valence-electron chi connectivity index (χ0n) is 15.1. The lowest BCUT2D eigenvalue weighted by molar-refractivity contribution is -0.118. The summed E-state index contributed by atoms with van der Waals surface area (Å²) in [4.78, 5) is 35.3. The highest BCUT2D eigenvalue weighted by molar-refractivity contribution is 5.95. The molecule has 6 heteroatoms. The van der Waals surface area contributed by atoms with Crippen molar-refractivity contribution >= 4 is 17.8 Å². The highest BCUT2D eigenvalue weighted by Gasteiger charge is 2.28. The summed E-state index contributed by atoms with van der Waals surface area (Å²) in [7, 11) is 0. The molecule has 0 aliphatic carbocycles. The third-order valence-electron chi connectivity index (χ3n) is 4.32.